The third-order valence-electron chi connectivity index (χ3n) is 4.27. The molecule has 3 rings (SSSR count). The lowest BCUT2D eigenvalue weighted by atomic mass is 10.1. The van der Waals surface area contributed by atoms with Crippen LogP contribution in [0.1, 0.15) is 16.7 Å². The van der Waals surface area contributed by atoms with E-state index in [9.17, 15) is 14.4 Å². The summed E-state index contributed by atoms with van der Waals surface area (Å²) >= 11 is 9.76. The van der Waals surface area contributed by atoms with Crippen molar-refractivity contribution >= 4 is 45.2 Å². The van der Waals surface area contributed by atoms with Gasteiger partial charge in [0.15, 0.2) is 5.75 Å². The molecule has 0 fully saturated rings. The monoisotopic (exact) mass is 498 g/mol. The van der Waals surface area contributed by atoms with Gasteiger partial charge in [-0.1, -0.05) is 35.9 Å². The van der Waals surface area contributed by atoms with E-state index in [2.05, 4.69) is 21.2 Å². The molecule has 0 atom stereocenters. The van der Waals surface area contributed by atoms with Crippen LogP contribution in [0, 0.1) is 24.1 Å². The van der Waals surface area contributed by atoms with Gasteiger partial charge in [-0.05, 0) is 82.0 Å². The van der Waals surface area contributed by atoms with Crippen LogP contribution in [0.2, 0.25) is 5.02 Å². The van der Waals surface area contributed by atoms with Gasteiger partial charge in [0.1, 0.15) is 24.1 Å². The highest BCUT2D eigenvalue weighted by molar-refractivity contribution is 9.10. The van der Waals surface area contributed by atoms with Crippen LogP contribution in [0.5, 0.6) is 5.75 Å². The minimum atomic E-state index is -0.517. The van der Waals surface area contributed by atoms with E-state index in [1.165, 1.54) is 18.2 Å². The summed E-state index contributed by atoms with van der Waals surface area (Å²) in [6, 6.07) is 18.5. The Bertz CT molecular complexity index is 1160. The minimum absolute atomic E-state index is 0.0653. The zero-order chi connectivity index (χ0) is 22.4. The molecule has 3 aromatic carbocycles. The number of halogens is 3. The number of nitriles is 1. The first kappa shape index (κ1) is 22.5. The van der Waals surface area contributed by atoms with E-state index in [1.807, 2.05) is 31.2 Å². The number of anilines is 1. The summed E-state index contributed by atoms with van der Waals surface area (Å²) < 4.78 is 19.3. The quantitative estimate of drug-likeness (QED) is 0.304. The largest absolute Gasteiger partial charge is 0.486 e. The number of benzene rings is 3. The molecule has 1 N–H and O–H groups in total. The summed E-state index contributed by atoms with van der Waals surface area (Å²) in [4.78, 5) is 12.5. The third-order valence-corrected chi connectivity index (χ3v) is 5.14. The fourth-order valence-electron chi connectivity index (χ4n) is 2.77. The van der Waals surface area contributed by atoms with Crippen molar-refractivity contribution < 1.29 is 13.9 Å². The minimum Gasteiger partial charge on any atom is -0.486 e. The van der Waals surface area contributed by atoms with Gasteiger partial charge in [0, 0.05) is 5.69 Å². The van der Waals surface area contributed by atoms with Crippen LogP contribution in [-0.4, -0.2) is 5.91 Å². The Morgan fingerprint density at radius 2 is 1.97 bits per heavy atom. The number of carbonyl (C=O) groups excluding carboxylic acids is 1. The van der Waals surface area contributed by atoms with E-state index in [0.717, 1.165) is 11.1 Å². The summed E-state index contributed by atoms with van der Waals surface area (Å²) in [5, 5.41) is 12.5. The van der Waals surface area contributed by atoms with Crippen molar-refractivity contribution in [3.63, 3.8) is 0 Å². The fraction of sp³-hybridized carbons (Fsp3) is 0.0833. The molecule has 31 heavy (non-hydrogen) atoms. The van der Waals surface area contributed by atoms with Crippen LogP contribution in [0.3, 0.4) is 0 Å². The summed E-state index contributed by atoms with van der Waals surface area (Å²) in [5.74, 6) is -0.429. The molecule has 0 radical (unpaired) electrons. The maximum absolute atomic E-state index is 13.0. The highest BCUT2D eigenvalue weighted by atomic mass is 79.9. The molecule has 4 nitrogen and oxygen atoms in total. The highest BCUT2D eigenvalue weighted by Crippen LogP contribution is 2.35. The Labute approximate surface area is 193 Å². The van der Waals surface area contributed by atoms with E-state index in [1.54, 1.807) is 30.3 Å². The predicted octanol–water partition coefficient (Wildman–Crippen LogP) is 6.67. The molecule has 0 aliphatic rings. The van der Waals surface area contributed by atoms with Crippen molar-refractivity contribution in [1.29, 1.82) is 5.26 Å². The fourth-order valence-corrected chi connectivity index (χ4v) is 3.76. The molecule has 0 aliphatic carbocycles. The molecule has 0 spiro atoms. The van der Waals surface area contributed by atoms with Crippen molar-refractivity contribution in [2.45, 2.75) is 13.5 Å². The van der Waals surface area contributed by atoms with Gasteiger partial charge in [-0.3, -0.25) is 4.79 Å². The van der Waals surface area contributed by atoms with Crippen LogP contribution >= 0.6 is 27.5 Å². The predicted molar refractivity (Wildman–Crippen MR) is 123 cm³/mol. The second kappa shape index (κ2) is 10.3. The number of hydrogen-bond acceptors (Lipinski definition) is 3. The van der Waals surface area contributed by atoms with E-state index < -0.39 is 5.91 Å². The molecule has 0 saturated heterocycles. The molecule has 0 saturated carbocycles. The van der Waals surface area contributed by atoms with Crippen molar-refractivity contribution in [1.82, 2.24) is 0 Å². The summed E-state index contributed by atoms with van der Waals surface area (Å²) in [7, 11) is 0. The molecule has 0 aliphatic heterocycles. The average molecular weight is 500 g/mol. The van der Waals surface area contributed by atoms with Gasteiger partial charge in [-0.15, -0.1) is 0 Å². The Kier molecular flexibility index (Phi) is 7.45. The Morgan fingerprint density at radius 3 is 2.61 bits per heavy atom. The topological polar surface area (TPSA) is 62.1 Å². The maximum atomic E-state index is 13.0. The third kappa shape index (κ3) is 6.17. The number of amides is 1. The first-order valence-electron chi connectivity index (χ1n) is 9.22. The molecule has 0 aromatic heterocycles. The Balaban J connectivity index is 1.76. The number of rotatable bonds is 6. The highest BCUT2D eigenvalue weighted by Gasteiger charge is 2.13. The van der Waals surface area contributed by atoms with Gasteiger partial charge in [-0.2, -0.15) is 5.26 Å². The number of hydrogen-bond donors (Lipinski definition) is 1. The molecule has 7 heteroatoms. The van der Waals surface area contributed by atoms with E-state index >= 15 is 0 Å². The SMILES string of the molecule is Cc1cccc(NC(=O)/C(C#N)=C\c2cc(Cl)c(OCc3ccc(F)cc3)c(Br)c2)c1. The lowest BCUT2D eigenvalue weighted by Gasteiger charge is -2.11. The van der Waals surface area contributed by atoms with Crippen molar-refractivity contribution in [2.75, 3.05) is 5.32 Å². The first-order chi connectivity index (χ1) is 14.9. The van der Waals surface area contributed by atoms with Gasteiger partial charge in [0.2, 0.25) is 0 Å². The van der Waals surface area contributed by atoms with Crippen molar-refractivity contribution in [3.05, 3.63) is 98.2 Å². The number of aryl methyl sites for hydroxylation is 1. The number of carbonyl (C=O) groups is 1. The zero-order valence-corrected chi connectivity index (χ0v) is 18.8. The molecular formula is C24H17BrClFN2O2. The van der Waals surface area contributed by atoms with Crippen LogP contribution in [0.25, 0.3) is 6.08 Å². The number of nitrogens with one attached hydrogen (secondary N) is 1. The molecule has 0 unspecified atom stereocenters. The number of nitrogens with zero attached hydrogens (tertiary/aromatic N) is 1. The zero-order valence-electron chi connectivity index (χ0n) is 16.5. The summed E-state index contributed by atoms with van der Waals surface area (Å²) in [6.45, 7) is 2.12. The van der Waals surface area contributed by atoms with E-state index in [0.29, 0.717) is 26.5 Å². The van der Waals surface area contributed by atoms with Crippen LogP contribution in [0.4, 0.5) is 10.1 Å². The Morgan fingerprint density at radius 1 is 1.23 bits per heavy atom. The van der Waals surface area contributed by atoms with Crippen LogP contribution in [0.15, 0.2) is 70.7 Å². The van der Waals surface area contributed by atoms with Gasteiger partial charge < -0.3 is 10.1 Å². The Hall–Kier alpha value is -3.14. The molecule has 1 amide bonds. The molecule has 156 valence electrons. The van der Waals surface area contributed by atoms with Gasteiger partial charge in [-0.25, -0.2) is 4.39 Å². The average Bonchev–Trinajstić information content (AvgIpc) is 2.72. The summed E-state index contributed by atoms with van der Waals surface area (Å²) in [6.07, 6.45) is 1.45. The van der Waals surface area contributed by atoms with E-state index in [4.69, 9.17) is 16.3 Å². The van der Waals surface area contributed by atoms with Gasteiger partial charge in [0.25, 0.3) is 5.91 Å². The molecule has 0 heterocycles. The van der Waals surface area contributed by atoms with Gasteiger partial charge >= 0.3 is 0 Å². The lowest BCUT2D eigenvalue weighted by molar-refractivity contribution is -0.112. The molecular weight excluding hydrogens is 483 g/mol. The van der Waals surface area contributed by atoms with Gasteiger partial charge in [0.05, 0.1) is 9.50 Å². The standard InChI is InChI=1S/C24H17BrClFN2O2/c1-15-3-2-4-20(9-15)29-24(30)18(13-28)10-17-11-21(25)23(22(26)12-17)31-14-16-5-7-19(27)8-6-16/h2-12H,14H2,1H3,(H,29,30)/b18-10-. The normalized spacial score (nSPS) is 11.0. The van der Waals surface area contributed by atoms with Crippen molar-refractivity contribution in [3.8, 4) is 11.8 Å². The lowest BCUT2D eigenvalue weighted by Crippen LogP contribution is -2.13. The van der Waals surface area contributed by atoms with Crippen LogP contribution < -0.4 is 10.1 Å². The molecule has 0 bridgehead atoms. The van der Waals surface area contributed by atoms with Crippen molar-refractivity contribution in [2.24, 2.45) is 0 Å². The first-order valence-corrected chi connectivity index (χ1v) is 10.4. The number of ether oxygens (including phenoxy) is 1. The van der Waals surface area contributed by atoms with E-state index in [-0.39, 0.29) is 18.0 Å². The maximum Gasteiger partial charge on any atom is 0.266 e. The second-order valence-corrected chi connectivity index (χ2v) is 7.98. The smallest absolute Gasteiger partial charge is 0.266 e. The molecule has 3 aromatic rings. The summed E-state index contributed by atoms with van der Waals surface area (Å²) in [5.41, 5.74) is 2.88. The second-order valence-electron chi connectivity index (χ2n) is 6.72. The van der Waals surface area contributed by atoms with Crippen LogP contribution in [-0.2, 0) is 11.4 Å².